The van der Waals surface area contributed by atoms with E-state index >= 15 is 0 Å². The molecule has 0 spiro atoms. The number of ether oxygens (including phenoxy) is 1. The molecule has 0 radical (unpaired) electrons. The van der Waals surface area contributed by atoms with Crippen molar-refractivity contribution in [3.63, 3.8) is 0 Å². The quantitative estimate of drug-likeness (QED) is 0.868. The molecule has 0 N–H and O–H groups in total. The Kier molecular flexibility index (Phi) is 4.02. The third kappa shape index (κ3) is 2.78. The van der Waals surface area contributed by atoms with Gasteiger partial charge in [0, 0.05) is 44.9 Å². The van der Waals surface area contributed by atoms with Gasteiger partial charge in [0.05, 0.1) is 24.1 Å². The van der Waals surface area contributed by atoms with Gasteiger partial charge >= 0.3 is 0 Å². The number of aromatic nitrogens is 2. The highest BCUT2D eigenvalue weighted by Crippen LogP contribution is 2.27. The molecule has 2 aromatic rings. The first kappa shape index (κ1) is 14.8. The Hall–Kier alpha value is -2.08. The summed E-state index contributed by atoms with van der Waals surface area (Å²) < 4.78 is 12.4. The highest BCUT2D eigenvalue weighted by Gasteiger charge is 2.28. The van der Waals surface area contributed by atoms with E-state index in [1.165, 1.54) is 0 Å². The number of amides is 1. The number of aryl methyl sites for hydroxylation is 2. The van der Waals surface area contributed by atoms with Crippen LogP contribution >= 0.6 is 0 Å². The van der Waals surface area contributed by atoms with Gasteiger partial charge in [0.2, 0.25) is 0 Å². The van der Waals surface area contributed by atoms with Crippen LogP contribution in [0.2, 0.25) is 0 Å². The topological polar surface area (TPSA) is 60.5 Å². The van der Waals surface area contributed by atoms with E-state index in [9.17, 15) is 4.79 Å². The molecule has 0 bridgehead atoms. The molecule has 1 atom stereocenters. The van der Waals surface area contributed by atoms with Crippen LogP contribution in [0, 0.1) is 6.92 Å². The van der Waals surface area contributed by atoms with Gasteiger partial charge in [0.1, 0.15) is 5.76 Å². The van der Waals surface area contributed by atoms with Gasteiger partial charge in [0.15, 0.2) is 0 Å². The summed E-state index contributed by atoms with van der Waals surface area (Å²) in [7, 11) is 3.65. The molecule has 6 heteroatoms. The lowest BCUT2D eigenvalue weighted by Gasteiger charge is -2.17. The van der Waals surface area contributed by atoms with Gasteiger partial charge in [-0.3, -0.25) is 9.48 Å². The minimum absolute atomic E-state index is 0.0180. The molecular weight excluding hydrogens is 282 g/mol. The molecule has 1 amide bonds. The van der Waals surface area contributed by atoms with Crippen molar-refractivity contribution in [1.82, 2.24) is 14.7 Å². The molecule has 2 aromatic heterocycles. The van der Waals surface area contributed by atoms with E-state index in [1.54, 1.807) is 29.1 Å². The Morgan fingerprint density at radius 1 is 1.55 bits per heavy atom. The summed E-state index contributed by atoms with van der Waals surface area (Å²) in [5.41, 5.74) is 2.54. The van der Waals surface area contributed by atoms with E-state index in [0.29, 0.717) is 18.7 Å². The second kappa shape index (κ2) is 5.96. The van der Waals surface area contributed by atoms with Crippen LogP contribution in [0.5, 0.6) is 0 Å². The van der Waals surface area contributed by atoms with Crippen molar-refractivity contribution in [3.8, 4) is 0 Å². The van der Waals surface area contributed by atoms with E-state index in [4.69, 9.17) is 9.15 Å². The molecule has 1 aliphatic heterocycles. The van der Waals surface area contributed by atoms with E-state index in [-0.39, 0.29) is 11.8 Å². The fourth-order valence-corrected chi connectivity index (χ4v) is 2.83. The van der Waals surface area contributed by atoms with E-state index in [1.807, 2.05) is 20.0 Å². The Labute approximate surface area is 129 Å². The molecule has 22 heavy (non-hydrogen) atoms. The monoisotopic (exact) mass is 303 g/mol. The fourth-order valence-electron chi connectivity index (χ4n) is 2.83. The van der Waals surface area contributed by atoms with Crippen molar-refractivity contribution >= 4 is 5.91 Å². The van der Waals surface area contributed by atoms with Crippen LogP contribution in [-0.2, 0) is 18.3 Å². The number of rotatable bonds is 4. The normalized spacial score (nSPS) is 17.9. The molecular formula is C16H21N3O3. The number of hydrogen-bond donors (Lipinski definition) is 0. The maximum atomic E-state index is 12.8. The third-order valence-corrected chi connectivity index (χ3v) is 4.12. The molecule has 1 fully saturated rings. The van der Waals surface area contributed by atoms with Gasteiger partial charge in [0.25, 0.3) is 5.91 Å². The highest BCUT2D eigenvalue weighted by atomic mass is 16.5. The first-order valence-corrected chi connectivity index (χ1v) is 7.46. The van der Waals surface area contributed by atoms with Crippen molar-refractivity contribution in [2.24, 2.45) is 7.05 Å². The Bertz CT molecular complexity index is 668. The standard InChI is InChI=1S/C16H21N3O3/c1-11-12(5-7-22-11)8-18(2)16(20)14-9-19(3)17-15(14)13-4-6-21-10-13/h5,7,9,13H,4,6,8,10H2,1-3H3/t13-/m1/s1. The smallest absolute Gasteiger partial charge is 0.257 e. The van der Waals surface area contributed by atoms with E-state index in [0.717, 1.165) is 30.0 Å². The zero-order valence-electron chi connectivity index (χ0n) is 13.2. The van der Waals surface area contributed by atoms with Gasteiger partial charge in [-0.2, -0.15) is 5.10 Å². The summed E-state index contributed by atoms with van der Waals surface area (Å²) in [5.74, 6) is 1.04. The molecule has 118 valence electrons. The fraction of sp³-hybridized carbons (Fsp3) is 0.500. The summed E-state index contributed by atoms with van der Waals surface area (Å²) in [4.78, 5) is 14.5. The average molecular weight is 303 g/mol. The lowest BCUT2D eigenvalue weighted by Crippen LogP contribution is -2.27. The second-order valence-corrected chi connectivity index (χ2v) is 5.83. The number of furan rings is 1. The summed E-state index contributed by atoms with van der Waals surface area (Å²) in [6.07, 6.45) is 4.37. The lowest BCUT2D eigenvalue weighted by atomic mass is 10.0. The minimum atomic E-state index is -0.0180. The van der Waals surface area contributed by atoms with Gasteiger partial charge < -0.3 is 14.1 Å². The summed E-state index contributed by atoms with van der Waals surface area (Å²) in [5, 5.41) is 4.48. The van der Waals surface area contributed by atoms with Gasteiger partial charge in [-0.05, 0) is 19.4 Å². The predicted molar refractivity (Wildman–Crippen MR) is 80.6 cm³/mol. The largest absolute Gasteiger partial charge is 0.469 e. The van der Waals surface area contributed by atoms with Gasteiger partial charge in [-0.25, -0.2) is 0 Å². The van der Waals surface area contributed by atoms with Crippen molar-refractivity contribution in [3.05, 3.63) is 41.1 Å². The second-order valence-electron chi connectivity index (χ2n) is 5.83. The Morgan fingerprint density at radius 2 is 2.36 bits per heavy atom. The van der Waals surface area contributed by atoms with Crippen LogP contribution in [0.4, 0.5) is 0 Å². The highest BCUT2D eigenvalue weighted by molar-refractivity contribution is 5.95. The van der Waals surface area contributed by atoms with Crippen molar-refractivity contribution in [2.75, 3.05) is 20.3 Å². The third-order valence-electron chi connectivity index (χ3n) is 4.12. The van der Waals surface area contributed by atoms with Crippen molar-refractivity contribution < 1.29 is 13.9 Å². The molecule has 3 rings (SSSR count). The first-order chi connectivity index (χ1) is 10.6. The maximum Gasteiger partial charge on any atom is 0.257 e. The number of hydrogen-bond acceptors (Lipinski definition) is 4. The van der Waals surface area contributed by atoms with Gasteiger partial charge in [-0.1, -0.05) is 0 Å². The van der Waals surface area contributed by atoms with E-state index in [2.05, 4.69) is 5.10 Å². The molecule has 0 saturated carbocycles. The zero-order chi connectivity index (χ0) is 15.7. The van der Waals surface area contributed by atoms with Crippen LogP contribution in [0.3, 0.4) is 0 Å². The summed E-state index contributed by atoms with van der Waals surface area (Å²) in [6.45, 7) is 3.80. The summed E-state index contributed by atoms with van der Waals surface area (Å²) >= 11 is 0. The number of carbonyl (C=O) groups excluding carboxylic acids is 1. The van der Waals surface area contributed by atoms with Crippen molar-refractivity contribution in [1.29, 1.82) is 0 Å². The first-order valence-electron chi connectivity index (χ1n) is 7.46. The molecule has 1 aliphatic rings. The Morgan fingerprint density at radius 3 is 3.00 bits per heavy atom. The van der Waals surface area contributed by atoms with Crippen LogP contribution in [0.25, 0.3) is 0 Å². The van der Waals surface area contributed by atoms with Crippen LogP contribution < -0.4 is 0 Å². The molecule has 0 aromatic carbocycles. The van der Waals surface area contributed by atoms with Crippen molar-refractivity contribution in [2.45, 2.75) is 25.8 Å². The van der Waals surface area contributed by atoms with Crippen LogP contribution in [0.1, 0.15) is 39.7 Å². The average Bonchev–Trinajstić information content (AvgIpc) is 3.20. The SMILES string of the molecule is Cc1occc1CN(C)C(=O)c1cn(C)nc1[C@@H]1CCOC1. The van der Waals surface area contributed by atoms with Crippen LogP contribution in [0.15, 0.2) is 22.9 Å². The molecule has 0 unspecified atom stereocenters. The molecule has 0 aliphatic carbocycles. The molecule has 6 nitrogen and oxygen atoms in total. The Balaban J connectivity index is 1.80. The zero-order valence-corrected chi connectivity index (χ0v) is 13.2. The maximum absolute atomic E-state index is 12.8. The van der Waals surface area contributed by atoms with E-state index < -0.39 is 0 Å². The summed E-state index contributed by atoms with van der Waals surface area (Å²) in [6, 6.07) is 1.90. The number of carbonyl (C=O) groups is 1. The number of nitrogens with zero attached hydrogens (tertiary/aromatic N) is 3. The van der Waals surface area contributed by atoms with Crippen LogP contribution in [-0.4, -0.2) is 40.8 Å². The van der Waals surface area contributed by atoms with Gasteiger partial charge in [-0.15, -0.1) is 0 Å². The minimum Gasteiger partial charge on any atom is -0.469 e. The molecule has 3 heterocycles. The predicted octanol–water partition coefficient (Wildman–Crippen LogP) is 2.10. The lowest BCUT2D eigenvalue weighted by molar-refractivity contribution is 0.0783. The molecule has 1 saturated heterocycles.